The highest BCUT2D eigenvalue weighted by atomic mass is 16.5. The summed E-state index contributed by atoms with van der Waals surface area (Å²) in [5, 5.41) is 2.89. The molecule has 0 aliphatic heterocycles. The maximum atomic E-state index is 13.0. The minimum absolute atomic E-state index is 0.0122. The molecular formula is C26H34N4O3. The lowest BCUT2D eigenvalue weighted by atomic mass is 10.2. The Balaban J connectivity index is 1.57. The van der Waals surface area contributed by atoms with Crippen LogP contribution in [0.25, 0.3) is 11.0 Å². The number of nitrogens with zero attached hydrogens (tertiary/aromatic N) is 3. The molecule has 33 heavy (non-hydrogen) atoms. The van der Waals surface area contributed by atoms with E-state index in [1.807, 2.05) is 64.1 Å². The molecule has 3 aromatic rings. The summed E-state index contributed by atoms with van der Waals surface area (Å²) in [7, 11) is 0. The molecule has 0 saturated carbocycles. The van der Waals surface area contributed by atoms with Crippen LogP contribution in [0.4, 0.5) is 0 Å². The van der Waals surface area contributed by atoms with Crippen LogP contribution in [0.5, 0.6) is 5.75 Å². The van der Waals surface area contributed by atoms with Crippen LogP contribution in [-0.4, -0.2) is 52.5 Å². The summed E-state index contributed by atoms with van der Waals surface area (Å²) >= 11 is 0. The van der Waals surface area contributed by atoms with Crippen molar-refractivity contribution in [2.45, 2.75) is 46.1 Å². The number of carbonyl (C=O) groups is 2. The van der Waals surface area contributed by atoms with Gasteiger partial charge in [0.05, 0.1) is 11.0 Å². The van der Waals surface area contributed by atoms with Crippen LogP contribution in [0.1, 0.15) is 38.9 Å². The smallest absolute Gasteiger partial charge is 0.257 e. The Morgan fingerprint density at radius 3 is 2.42 bits per heavy atom. The van der Waals surface area contributed by atoms with Gasteiger partial charge in [0, 0.05) is 26.1 Å². The first-order chi connectivity index (χ1) is 16.1. The van der Waals surface area contributed by atoms with Gasteiger partial charge in [0.2, 0.25) is 5.91 Å². The van der Waals surface area contributed by atoms with Crippen molar-refractivity contribution in [2.24, 2.45) is 0 Å². The highest BCUT2D eigenvalue weighted by Crippen LogP contribution is 2.18. The molecule has 0 spiro atoms. The molecule has 1 N–H and O–H groups in total. The number of amides is 2. The fourth-order valence-corrected chi connectivity index (χ4v) is 3.82. The molecule has 0 aliphatic carbocycles. The number of hydrogen-bond donors (Lipinski definition) is 1. The SMILES string of the molecule is CCCN(CCC)C(=O)Cn1c(CCCNC(=O)COc2ccccc2)nc2ccccc21. The minimum Gasteiger partial charge on any atom is -0.484 e. The van der Waals surface area contributed by atoms with Crippen LogP contribution >= 0.6 is 0 Å². The van der Waals surface area contributed by atoms with E-state index in [1.54, 1.807) is 0 Å². The van der Waals surface area contributed by atoms with E-state index in [0.29, 0.717) is 18.7 Å². The van der Waals surface area contributed by atoms with Gasteiger partial charge < -0.3 is 19.5 Å². The van der Waals surface area contributed by atoms with E-state index in [9.17, 15) is 9.59 Å². The lowest BCUT2D eigenvalue weighted by Gasteiger charge is -2.22. The van der Waals surface area contributed by atoms with Crippen LogP contribution in [0.2, 0.25) is 0 Å². The van der Waals surface area contributed by atoms with Crippen LogP contribution < -0.4 is 10.1 Å². The molecule has 1 heterocycles. The average molecular weight is 451 g/mol. The number of rotatable bonds is 13. The predicted molar refractivity (Wildman–Crippen MR) is 130 cm³/mol. The standard InChI is InChI=1S/C26H34N4O3/c1-3-17-29(18-4-2)26(32)19-30-23-14-9-8-13-22(23)28-24(30)15-10-16-27-25(31)20-33-21-11-6-5-7-12-21/h5-9,11-14H,3-4,10,15-20H2,1-2H3,(H,27,31). The number of aryl methyl sites for hydroxylation is 1. The van der Waals surface area contributed by atoms with E-state index in [0.717, 1.165) is 49.2 Å². The molecule has 7 heteroatoms. The maximum Gasteiger partial charge on any atom is 0.257 e. The third-order valence-corrected chi connectivity index (χ3v) is 5.38. The number of hydrogen-bond acceptors (Lipinski definition) is 4. The third kappa shape index (κ3) is 7.07. The highest BCUT2D eigenvalue weighted by Gasteiger charge is 2.17. The zero-order valence-corrected chi connectivity index (χ0v) is 19.6. The largest absolute Gasteiger partial charge is 0.484 e. The van der Waals surface area contributed by atoms with Gasteiger partial charge in [-0.15, -0.1) is 0 Å². The van der Waals surface area contributed by atoms with Crippen molar-refractivity contribution in [1.29, 1.82) is 0 Å². The second-order valence-electron chi connectivity index (χ2n) is 8.04. The zero-order valence-electron chi connectivity index (χ0n) is 19.6. The molecule has 0 radical (unpaired) electrons. The number of nitrogens with one attached hydrogen (secondary N) is 1. The molecule has 2 amide bonds. The summed E-state index contributed by atoms with van der Waals surface area (Å²) < 4.78 is 7.50. The maximum absolute atomic E-state index is 13.0. The fourth-order valence-electron chi connectivity index (χ4n) is 3.82. The molecule has 2 aromatic carbocycles. The molecule has 0 fully saturated rings. The summed E-state index contributed by atoms with van der Waals surface area (Å²) in [6.07, 6.45) is 3.28. The number of benzene rings is 2. The quantitative estimate of drug-likeness (QED) is 0.402. The van der Waals surface area contributed by atoms with Crippen LogP contribution in [0.3, 0.4) is 0 Å². The van der Waals surface area contributed by atoms with Gasteiger partial charge in [-0.2, -0.15) is 0 Å². The van der Waals surface area contributed by atoms with E-state index >= 15 is 0 Å². The normalized spacial score (nSPS) is 10.8. The topological polar surface area (TPSA) is 76.5 Å². The molecule has 3 rings (SSSR count). The molecule has 7 nitrogen and oxygen atoms in total. The van der Waals surface area contributed by atoms with Crippen molar-refractivity contribution >= 4 is 22.8 Å². The Morgan fingerprint density at radius 2 is 1.70 bits per heavy atom. The number of para-hydroxylation sites is 3. The van der Waals surface area contributed by atoms with Crippen molar-refractivity contribution in [2.75, 3.05) is 26.2 Å². The van der Waals surface area contributed by atoms with Gasteiger partial charge in [-0.3, -0.25) is 9.59 Å². The van der Waals surface area contributed by atoms with Crippen molar-refractivity contribution in [1.82, 2.24) is 19.8 Å². The van der Waals surface area contributed by atoms with Crippen LogP contribution in [-0.2, 0) is 22.6 Å². The number of imidazole rings is 1. The van der Waals surface area contributed by atoms with Crippen molar-refractivity contribution in [3.05, 3.63) is 60.4 Å². The first-order valence-electron chi connectivity index (χ1n) is 11.8. The Hall–Kier alpha value is -3.35. The zero-order chi connectivity index (χ0) is 23.5. The summed E-state index contributed by atoms with van der Waals surface area (Å²) in [5.41, 5.74) is 1.85. The number of fused-ring (bicyclic) bond motifs is 1. The predicted octanol–water partition coefficient (Wildman–Crippen LogP) is 3.81. The minimum atomic E-state index is -0.155. The molecule has 0 bridgehead atoms. The van der Waals surface area contributed by atoms with E-state index < -0.39 is 0 Å². The lowest BCUT2D eigenvalue weighted by molar-refractivity contribution is -0.132. The van der Waals surface area contributed by atoms with Gasteiger partial charge in [0.1, 0.15) is 18.1 Å². The van der Waals surface area contributed by atoms with Crippen LogP contribution in [0.15, 0.2) is 54.6 Å². The second-order valence-corrected chi connectivity index (χ2v) is 8.04. The molecular weight excluding hydrogens is 416 g/mol. The number of aromatic nitrogens is 2. The summed E-state index contributed by atoms with van der Waals surface area (Å²) in [6.45, 7) is 6.51. The molecule has 0 saturated heterocycles. The van der Waals surface area contributed by atoms with E-state index in [4.69, 9.17) is 9.72 Å². The first kappa shape index (κ1) is 24.3. The number of ether oxygens (including phenoxy) is 1. The first-order valence-corrected chi connectivity index (χ1v) is 11.8. The molecule has 0 atom stereocenters. The number of carbonyl (C=O) groups excluding carboxylic acids is 2. The Labute approximate surface area is 195 Å². The third-order valence-electron chi connectivity index (χ3n) is 5.38. The van der Waals surface area contributed by atoms with Crippen LogP contribution in [0, 0.1) is 0 Å². The molecule has 1 aromatic heterocycles. The molecule has 0 unspecified atom stereocenters. The van der Waals surface area contributed by atoms with Gasteiger partial charge in [-0.1, -0.05) is 44.2 Å². The lowest BCUT2D eigenvalue weighted by Crippen LogP contribution is -2.35. The summed E-state index contributed by atoms with van der Waals surface area (Å²) in [6, 6.07) is 17.2. The van der Waals surface area contributed by atoms with Gasteiger partial charge in [-0.25, -0.2) is 4.98 Å². The summed E-state index contributed by atoms with van der Waals surface area (Å²) in [5.74, 6) is 1.50. The van der Waals surface area contributed by atoms with Gasteiger partial charge in [0.15, 0.2) is 6.61 Å². The van der Waals surface area contributed by atoms with E-state index in [-0.39, 0.29) is 25.0 Å². The van der Waals surface area contributed by atoms with E-state index in [1.165, 1.54) is 0 Å². The van der Waals surface area contributed by atoms with Crippen molar-refractivity contribution in [3.8, 4) is 5.75 Å². The van der Waals surface area contributed by atoms with E-state index in [2.05, 4.69) is 19.2 Å². The Morgan fingerprint density at radius 1 is 1.00 bits per heavy atom. The monoisotopic (exact) mass is 450 g/mol. The van der Waals surface area contributed by atoms with Gasteiger partial charge in [-0.05, 0) is 43.5 Å². The van der Waals surface area contributed by atoms with Gasteiger partial charge in [0.25, 0.3) is 5.91 Å². The second kappa shape index (κ2) is 12.6. The Kier molecular flexibility index (Phi) is 9.30. The fraction of sp³-hybridized carbons (Fsp3) is 0.423. The van der Waals surface area contributed by atoms with Crippen molar-refractivity contribution in [3.63, 3.8) is 0 Å². The molecule has 176 valence electrons. The molecule has 0 aliphatic rings. The average Bonchev–Trinajstić information content (AvgIpc) is 3.18. The highest BCUT2D eigenvalue weighted by molar-refractivity contribution is 5.81. The summed E-state index contributed by atoms with van der Waals surface area (Å²) in [4.78, 5) is 31.8. The Bertz CT molecular complexity index is 1030. The van der Waals surface area contributed by atoms with Crippen molar-refractivity contribution < 1.29 is 14.3 Å². The van der Waals surface area contributed by atoms with Gasteiger partial charge >= 0.3 is 0 Å².